The predicted octanol–water partition coefficient (Wildman–Crippen LogP) is 2.95. The van der Waals surface area contributed by atoms with Crippen LogP contribution in [0, 0.1) is 5.82 Å². The Morgan fingerprint density at radius 3 is 2.20 bits per heavy atom. The normalized spacial score (nSPS) is 14.2. The summed E-state index contributed by atoms with van der Waals surface area (Å²) in [5, 5.41) is 0. The second-order valence-corrected chi connectivity index (χ2v) is 5.26. The Morgan fingerprint density at radius 1 is 1.00 bits per heavy atom. The summed E-state index contributed by atoms with van der Waals surface area (Å²) in [4.78, 5) is 14.2. The van der Waals surface area contributed by atoms with Crippen molar-refractivity contribution in [2.75, 3.05) is 6.54 Å². The Bertz CT molecular complexity index is 596. The largest absolute Gasteiger partial charge is 0.298 e. The molecule has 1 heterocycles. The highest BCUT2D eigenvalue weighted by Gasteiger charge is 2.20. The van der Waals surface area contributed by atoms with Crippen molar-refractivity contribution in [1.82, 2.24) is 4.90 Å². The van der Waals surface area contributed by atoms with Crippen LogP contribution in [0.2, 0.25) is 0 Å². The average molecular weight is 269 g/mol. The van der Waals surface area contributed by atoms with E-state index in [-0.39, 0.29) is 11.6 Å². The molecule has 0 aliphatic carbocycles. The Balaban J connectivity index is 1.57. The third-order valence-electron chi connectivity index (χ3n) is 3.62. The van der Waals surface area contributed by atoms with Gasteiger partial charge in [0.1, 0.15) is 5.82 Å². The van der Waals surface area contributed by atoms with Crippen molar-refractivity contribution in [2.24, 2.45) is 0 Å². The van der Waals surface area contributed by atoms with Crippen LogP contribution in [0.3, 0.4) is 0 Å². The number of hydrogen-bond donors (Lipinski definition) is 0. The zero-order chi connectivity index (χ0) is 13.9. The van der Waals surface area contributed by atoms with E-state index in [2.05, 4.69) is 17.0 Å². The lowest BCUT2D eigenvalue weighted by Gasteiger charge is -2.13. The van der Waals surface area contributed by atoms with Crippen molar-refractivity contribution >= 4 is 5.78 Å². The lowest BCUT2D eigenvalue weighted by Crippen LogP contribution is -2.25. The number of rotatable bonds is 4. The summed E-state index contributed by atoms with van der Waals surface area (Å²) in [5.74, 6) is -0.0967. The number of halogens is 1. The molecule has 0 N–H and O–H groups in total. The summed E-state index contributed by atoms with van der Waals surface area (Å²) >= 11 is 0. The molecule has 0 atom stereocenters. The van der Waals surface area contributed by atoms with Gasteiger partial charge in [0.2, 0.25) is 0 Å². The number of carbonyl (C=O) groups excluding carboxylic acids is 1. The van der Waals surface area contributed by atoms with Gasteiger partial charge in [-0.3, -0.25) is 9.69 Å². The molecule has 0 amide bonds. The van der Waals surface area contributed by atoms with Crippen molar-refractivity contribution in [2.45, 2.75) is 19.5 Å². The van der Waals surface area contributed by atoms with E-state index in [0.717, 1.165) is 18.7 Å². The molecule has 3 heteroatoms. The van der Waals surface area contributed by atoms with Crippen LogP contribution in [0.15, 0.2) is 48.5 Å². The summed E-state index contributed by atoms with van der Waals surface area (Å²) in [7, 11) is 0. The fraction of sp³-hybridized carbons (Fsp3) is 0.235. The lowest BCUT2D eigenvalue weighted by molar-refractivity contribution is -0.119. The second-order valence-electron chi connectivity index (χ2n) is 5.26. The first-order valence-corrected chi connectivity index (χ1v) is 6.76. The molecule has 0 fully saturated rings. The minimum atomic E-state index is -0.267. The summed E-state index contributed by atoms with van der Waals surface area (Å²) in [6.45, 7) is 2.13. The molecule has 2 aromatic carbocycles. The van der Waals surface area contributed by atoms with Gasteiger partial charge >= 0.3 is 0 Å². The Labute approximate surface area is 117 Å². The summed E-state index contributed by atoms with van der Waals surface area (Å²) in [6, 6.07) is 14.4. The molecule has 0 bridgehead atoms. The molecule has 2 aromatic rings. The Hall–Kier alpha value is -2.00. The number of nitrogens with zero attached hydrogens (tertiary/aromatic N) is 1. The standard InChI is InChI=1S/C17H16FNO/c18-16-7-5-13(6-8-16)9-17(20)12-19-10-14-3-1-2-4-15(14)11-19/h1-8H,9-12H2. The van der Waals surface area contributed by atoms with Gasteiger partial charge in [0, 0.05) is 19.5 Å². The topological polar surface area (TPSA) is 20.3 Å². The first-order chi connectivity index (χ1) is 9.70. The first kappa shape index (κ1) is 13.0. The third kappa shape index (κ3) is 2.94. The number of carbonyl (C=O) groups is 1. The summed E-state index contributed by atoms with van der Waals surface area (Å²) in [5.41, 5.74) is 3.48. The van der Waals surface area contributed by atoms with Gasteiger partial charge < -0.3 is 0 Å². The minimum absolute atomic E-state index is 0.171. The van der Waals surface area contributed by atoms with Crippen molar-refractivity contribution in [1.29, 1.82) is 0 Å². The van der Waals surface area contributed by atoms with E-state index < -0.39 is 0 Å². The van der Waals surface area contributed by atoms with Crippen LogP contribution in [0.1, 0.15) is 16.7 Å². The maximum atomic E-state index is 12.8. The molecule has 1 aliphatic rings. The minimum Gasteiger partial charge on any atom is -0.298 e. The highest BCUT2D eigenvalue weighted by atomic mass is 19.1. The van der Waals surface area contributed by atoms with E-state index in [1.54, 1.807) is 12.1 Å². The molecule has 0 spiro atoms. The quantitative estimate of drug-likeness (QED) is 0.850. The van der Waals surface area contributed by atoms with Crippen molar-refractivity contribution in [3.05, 3.63) is 71.0 Å². The highest BCUT2D eigenvalue weighted by Crippen LogP contribution is 2.21. The van der Waals surface area contributed by atoms with Gasteiger partial charge in [-0.25, -0.2) is 4.39 Å². The van der Waals surface area contributed by atoms with Gasteiger partial charge in [0.15, 0.2) is 5.78 Å². The number of benzene rings is 2. The zero-order valence-electron chi connectivity index (χ0n) is 11.2. The highest BCUT2D eigenvalue weighted by molar-refractivity contribution is 5.82. The van der Waals surface area contributed by atoms with Crippen LogP contribution >= 0.6 is 0 Å². The molecular formula is C17H16FNO. The Kier molecular flexibility index (Phi) is 3.61. The number of Topliss-reactive ketones (excluding diaryl/α,β-unsaturated/α-hetero) is 1. The van der Waals surface area contributed by atoms with Crippen LogP contribution in [0.4, 0.5) is 4.39 Å². The van der Waals surface area contributed by atoms with Gasteiger partial charge in [0.25, 0.3) is 0 Å². The SMILES string of the molecule is O=C(Cc1ccc(F)cc1)CN1Cc2ccccc2C1. The van der Waals surface area contributed by atoms with Crippen molar-refractivity contribution in [3.63, 3.8) is 0 Å². The number of ketones is 1. The van der Waals surface area contributed by atoms with Crippen molar-refractivity contribution in [3.8, 4) is 0 Å². The fourth-order valence-corrected chi connectivity index (χ4v) is 2.65. The van der Waals surface area contributed by atoms with E-state index in [4.69, 9.17) is 0 Å². The van der Waals surface area contributed by atoms with E-state index in [9.17, 15) is 9.18 Å². The Morgan fingerprint density at radius 2 is 1.60 bits per heavy atom. The van der Waals surface area contributed by atoms with E-state index in [0.29, 0.717) is 13.0 Å². The monoisotopic (exact) mass is 269 g/mol. The van der Waals surface area contributed by atoms with Crippen LogP contribution in [-0.2, 0) is 24.3 Å². The van der Waals surface area contributed by atoms with Crippen LogP contribution in [0.25, 0.3) is 0 Å². The maximum Gasteiger partial charge on any atom is 0.151 e. The van der Waals surface area contributed by atoms with Crippen molar-refractivity contribution < 1.29 is 9.18 Å². The molecule has 2 nitrogen and oxygen atoms in total. The van der Waals surface area contributed by atoms with Gasteiger partial charge in [-0.2, -0.15) is 0 Å². The molecule has 0 radical (unpaired) electrons. The zero-order valence-corrected chi connectivity index (χ0v) is 11.2. The summed E-state index contributed by atoms with van der Waals surface area (Å²) in [6.07, 6.45) is 0.368. The first-order valence-electron chi connectivity index (χ1n) is 6.76. The van der Waals surface area contributed by atoms with E-state index in [1.165, 1.54) is 23.3 Å². The van der Waals surface area contributed by atoms with Crippen LogP contribution in [-0.4, -0.2) is 17.2 Å². The number of fused-ring (bicyclic) bond motifs is 1. The molecule has 0 saturated carbocycles. The molecule has 1 aliphatic heterocycles. The fourth-order valence-electron chi connectivity index (χ4n) is 2.65. The smallest absolute Gasteiger partial charge is 0.151 e. The van der Waals surface area contributed by atoms with Crippen LogP contribution in [0.5, 0.6) is 0 Å². The van der Waals surface area contributed by atoms with Gasteiger partial charge in [-0.05, 0) is 28.8 Å². The molecule has 0 unspecified atom stereocenters. The van der Waals surface area contributed by atoms with E-state index >= 15 is 0 Å². The molecule has 0 aromatic heterocycles. The molecule has 20 heavy (non-hydrogen) atoms. The second kappa shape index (κ2) is 5.55. The predicted molar refractivity (Wildman–Crippen MR) is 75.7 cm³/mol. The molecule has 3 rings (SSSR count). The van der Waals surface area contributed by atoms with Gasteiger partial charge in [-0.1, -0.05) is 36.4 Å². The van der Waals surface area contributed by atoms with Gasteiger partial charge in [-0.15, -0.1) is 0 Å². The molecular weight excluding hydrogens is 253 g/mol. The molecule has 102 valence electrons. The van der Waals surface area contributed by atoms with Crippen LogP contribution < -0.4 is 0 Å². The van der Waals surface area contributed by atoms with Gasteiger partial charge in [0.05, 0.1) is 6.54 Å². The summed E-state index contributed by atoms with van der Waals surface area (Å²) < 4.78 is 12.8. The molecule has 0 saturated heterocycles. The lowest BCUT2D eigenvalue weighted by atomic mass is 10.1. The average Bonchev–Trinajstić information content (AvgIpc) is 2.83. The maximum absolute atomic E-state index is 12.8. The third-order valence-corrected chi connectivity index (χ3v) is 3.62. The number of hydrogen-bond acceptors (Lipinski definition) is 2. The van der Waals surface area contributed by atoms with E-state index in [1.807, 2.05) is 12.1 Å².